The van der Waals surface area contributed by atoms with Crippen molar-refractivity contribution in [2.24, 2.45) is 5.73 Å². The largest absolute Gasteiger partial charge is 0.369 e. The van der Waals surface area contributed by atoms with Crippen molar-refractivity contribution in [3.05, 3.63) is 22.2 Å². The molecule has 100 valence electrons. The summed E-state index contributed by atoms with van der Waals surface area (Å²) < 4.78 is 4.65. The molecule has 0 radical (unpaired) electrons. The Morgan fingerprint density at radius 1 is 1.32 bits per heavy atom. The van der Waals surface area contributed by atoms with Gasteiger partial charge in [0.15, 0.2) is 5.52 Å². The molecule has 1 aliphatic heterocycles. The zero-order valence-electron chi connectivity index (χ0n) is 10.2. The first-order valence-electron chi connectivity index (χ1n) is 6.07. The molecule has 8 heteroatoms. The quantitative estimate of drug-likeness (QED) is 0.636. The van der Waals surface area contributed by atoms with Gasteiger partial charge in [0, 0.05) is 25.2 Å². The third-order valence-corrected chi connectivity index (χ3v) is 3.45. The Labute approximate surface area is 108 Å². The van der Waals surface area contributed by atoms with Crippen molar-refractivity contribution in [3.63, 3.8) is 0 Å². The third kappa shape index (κ3) is 1.99. The Bertz CT molecular complexity index is 618. The van der Waals surface area contributed by atoms with Crippen molar-refractivity contribution >= 4 is 22.4 Å². The Hall–Kier alpha value is -2.22. The van der Waals surface area contributed by atoms with E-state index in [9.17, 15) is 10.1 Å². The molecular weight excluding hydrogens is 250 g/mol. The van der Waals surface area contributed by atoms with Gasteiger partial charge >= 0.3 is 5.69 Å². The van der Waals surface area contributed by atoms with E-state index in [-0.39, 0.29) is 17.2 Å². The number of benzene rings is 1. The van der Waals surface area contributed by atoms with Gasteiger partial charge < -0.3 is 10.6 Å². The number of non-ortho nitro benzene ring substituents is 1. The van der Waals surface area contributed by atoms with Gasteiger partial charge in [-0.2, -0.15) is 0 Å². The van der Waals surface area contributed by atoms with Gasteiger partial charge in [-0.25, -0.2) is 4.63 Å². The highest BCUT2D eigenvalue weighted by atomic mass is 16.6. The fourth-order valence-corrected chi connectivity index (χ4v) is 2.38. The van der Waals surface area contributed by atoms with Gasteiger partial charge in [-0.05, 0) is 29.2 Å². The normalized spacial score (nSPS) is 17.0. The SMILES string of the molecule is NC1CCN(c2ccc([N+](=O)[O-])c3nonc23)CC1. The lowest BCUT2D eigenvalue weighted by Gasteiger charge is -2.31. The second-order valence-corrected chi connectivity index (χ2v) is 4.65. The number of hydrogen-bond acceptors (Lipinski definition) is 7. The maximum atomic E-state index is 10.9. The second kappa shape index (κ2) is 4.47. The van der Waals surface area contributed by atoms with Crippen LogP contribution in [0, 0.1) is 10.1 Å². The summed E-state index contributed by atoms with van der Waals surface area (Å²) in [6.45, 7) is 1.61. The van der Waals surface area contributed by atoms with Crippen LogP contribution in [0.25, 0.3) is 11.0 Å². The molecule has 0 bridgehead atoms. The Kier molecular flexibility index (Phi) is 2.79. The van der Waals surface area contributed by atoms with Gasteiger partial charge in [0.2, 0.25) is 5.52 Å². The molecule has 0 amide bonds. The van der Waals surface area contributed by atoms with E-state index in [0.717, 1.165) is 31.6 Å². The first kappa shape index (κ1) is 11.8. The van der Waals surface area contributed by atoms with Gasteiger partial charge in [-0.1, -0.05) is 0 Å². The zero-order chi connectivity index (χ0) is 13.4. The summed E-state index contributed by atoms with van der Waals surface area (Å²) in [7, 11) is 0. The lowest BCUT2D eigenvalue weighted by atomic mass is 10.0. The summed E-state index contributed by atoms with van der Waals surface area (Å²) in [6.07, 6.45) is 1.79. The number of nitro benzene ring substituents is 1. The topological polar surface area (TPSA) is 111 Å². The third-order valence-electron chi connectivity index (χ3n) is 3.45. The van der Waals surface area contributed by atoms with Crippen LogP contribution in [0.2, 0.25) is 0 Å². The summed E-state index contributed by atoms with van der Waals surface area (Å²) >= 11 is 0. The summed E-state index contributed by atoms with van der Waals surface area (Å²) in [5, 5.41) is 18.3. The van der Waals surface area contributed by atoms with E-state index in [1.807, 2.05) is 0 Å². The number of fused-ring (bicyclic) bond motifs is 1. The monoisotopic (exact) mass is 263 g/mol. The average molecular weight is 263 g/mol. The lowest BCUT2D eigenvalue weighted by molar-refractivity contribution is -0.383. The van der Waals surface area contributed by atoms with Gasteiger partial charge in [0.25, 0.3) is 0 Å². The number of aromatic nitrogens is 2. The molecule has 0 spiro atoms. The van der Waals surface area contributed by atoms with Gasteiger partial charge in [-0.3, -0.25) is 10.1 Å². The summed E-state index contributed by atoms with van der Waals surface area (Å²) in [5.41, 5.74) is 7.22. The van der Waals surface area contributed by atoms with E-state index in [1.54, 1.807) is 6.07 Å². The van der Waals surface area contributed by atoms with Crippen molar-refractivity contribution in [2.45, 2.75) is 18.9 Å². The number of rotatable bonds is 2. The van der Waals surface area contributed by atoms with Gasteiger partial charge in [0.05, 0.1) is 10.6 Å². The van der Waals surface area contributed by atoms with Crippen LogP contribution in [0.5, 0.6) is 0 Å². The van der Waals surface area contributed by atoms with Crippen LogP contribution in [0.15, 0.2) is 16.8 Å². The first-order valence-corrected chi connectivity index (χ1v) is 6.07. The van der Waals surface area contributed by atoms with E-state index in [2.05, 4.69) is 19.8 Å². The van der Waals surface area contributed by atoms with Crippen molar-refractivity contribution in [1.82, 2.24) is 10.3 Å². The van der Waals surface area contributed by atoms with Crippen LogP contribution in [0.1, 0.15) is 12.8 Å². The lowest BCUT2D eigenvalue weighted by Crippen LogP contribution is -2.39. The minimum atomic E-state index is -0.484. The number of hydrogen-bond donors (Lipinski definition) is 1. The maximum absolute atomic E-state index is 10.9. The Balaban J connectivity index is 2.03. The van der Waals surface area contributed by atoms with Crippen molar-refractivity contribution in [1.29, 1.82) is 0 Å². The van der Waals surface area contributed by atoms with Crippen LogP contribution in [0.3, 0.4) is 0 Å². The molecule has 0 saturated carbocycles. The molecule has 2 heterocycles. The number of nitro groups is 1. The Morgan fingerprint density at radius 3 is 2.68 bits per heavy atom. The molecule has 2 aromatic rings. The molecule has 1 fully saturated rings. The van der Waals surface area contributed by atoms with Crippen molar-refractivity contribution < 1.29 is 9.55 Å². The molecule has 3 rings (SSSR count). The van der Waals surface area contributed by atoms with Crippen molar-refractivity contribution in [2.75, 3.05) is 18.0 Å². The van der Waals surface area contributed by atoms with Crippen LogP contribution in [0.4, 0.5) is 11.4 Å². The molecule has 19 heavy (non-hydrogen) atoms. The second-order valence-electron chi connectivity index (χ2n) is 4.65. The molecule has 8 nitrogen and oxygen atoms in total. The highest BCUT2D eigenvalue weighted by Gasteiger charge is 2.24. The van der Waals surface area contributed by atoms with Crippen LogP contribution < -0.4 is 10.6 Å². The molecule has 0 aliphatic carbocycles. The number of nitrogens with zero attached hydrogens (tertiary/aromatic N) is 4. The average Bonchev–Trinajstić information content (AvgIpc) is 2.87. The zero-order valence-corrected chi connectivity index (χ0v) is 10.2. The molecule has 1 aromatic carbocycles. The highest BCUT2D eigenvalue weighted by molar-refractivity contribution is 5.93. The Morgan fingerprint density at radius 2 is 2.00 bits per heavy atom. The minimum absolute atomic E-state index is 0.0892. The van der Waals surface area contributed by atoms with Crippen LogP contribution in [-0.2, 0) is 0 Å². The summed E-state index contributed by atoms with van der Waals surface area (Å²) in [4.78, 5) is 12.5. The van der Waals surface area contributed by atoms with Gasteiger partial charge in [-0.15, -0.1) is 0 Å². The fourth-order valence-electron chi connectivity index (χ4n) is 2.38. The number of piperidine rings is 1. The van der Waals surface area contributed by atoms with Crippen LogP contribution >= 0.6 is 0 Å². The molecular formula is C11H13N5O3. The van der Waals surface area contributed by atoms with Gasteiger partial charge in [0.1, 0.15) is 0 Å². The van der Waals surface area contributed by atoms with E-state index < -0.39 is 4.92 Å². The fraction of sp³-hybridized carbons (Fsp3) is 0.455. The molecule has 1 aliphatic rings. The van der Waals surface area contributed by atoms with E-state index in [4.69, 9.17) is 5.73 Å². The molecule has 1 saturated heterocycles. The smallest absolute Gasteiger partial charge is 0.300 e. The molecule has 2 N–H and O–H groups in total. The van der Waals surface area contributed by atoms with Crippen LogP contribution in [-0.4, -0.2) is 34.4 Å². The van der Waals surface area contributed by atoms with E-state index in [1.165, 1.54) is 6.07 Å². The van der Waals surface area contributed by atoms with Crippen molar-refractivity contribution in [3.8, 4) is 0 Å². The maximum Gasteiger partial charge on any atom is 0.300 e. The highest BCUT2D eigenvalue weighted by Crippen LogP contribution is 2.32. The van der Waals surface area contributed by atoms with E-state index in [0.29, 0.717) is 5.52 Å². The standard InChI is InChI=1S/C11H13N5O3/c12-7-3-5-15(6-4-7)8-1-2-9(16(17)18)11-10(8)13-19-14-11/h1-2,7H,3-6,12H2. The number of nitrogens with two attached hydrogens (primary N) is 1. The summed E-state index contributed by atoms with van der Waals surface area (Å²) in [6, 6.07) is 3.36. The first-order chi connectivity index (χ1) is 9.16. The predicted molar refractivity (Wildman–Crippen MR) is 67.9 cm³/mol. The molecule has 1 aromatic heterocycles. The predicted octanol–water partition coefficient (Wildman–Crippen LogP) is 1.06. The molecule has 0 atom stereocenters. The number of anilines is 1. The minimum Gasteiger partial charge on any atom is -0.369 e. The molecule has 0 unspecified atom stereocenters. The summed E-state index contributed by atoms with van der Waals surface area (Å²) in [5.74, 6) is 0. The van der Waals surface area contributed by atoms with E-state index >= 15 is 0 Å².